The van der Waals surface area contributed by atoms with Gasteiger partial charge in [-0.2, -0.15) is 18.3 Å². The number of likely N-dealkylation sites (N-methyl/N-ethyl adjacent to an activating group) is 1. The zero-order valence-corrected chi connectivity index (χ0v) is 20.9. The monoisotopic (exact) mass is 526 g/mol. The fourth-order valence-electron chi connectivity index (χ4n) is 4.76. The quantitative estimate of drug-likeness (QED) is 0.429. The van der Waals surface area contributed by atoms with E-state index in [2.05, 4.69) is 10.4 Å². The summed E-state index contributed by atoms with van der Waals surface area (Å²) in [5.41, 5.74) is -0.789. The van der Waals surface area contributed by atoms with Crippen LogP contribution in [0.4, 0.5) is 13.2 Å². The van der Waals surface area contributed by atoms with Gasteiger partial charge in [-0.05, 0) is 37.8 Å². The van der Waals surface area contributed by atoms with E-state index in [1.165, 1.54) is 4.90 Å². The summed E-state index contributed by atoms with van der Waals surface area (Å²) >= 11 is 0. The van der Waals surface area contributed by atoms with Gasteiger partial charge in [0.1, 0.15) is 0 Å². The van der Waals surface area contributed by atoms with Crippen molar-refractivity contribution < 1.29 is 27.6 Å². The number of hydrogen-bond acceptors (Lipinski definition) is 4. The van der Waals surface area contributed by atoms with Gasteiger partial charge >= 0.3 is 6.18 Å². The van der Waals surface area contributed by atoms with Gasteiger partial charge in [-0.25, -0.2) is 4.68 Å². The van der Waals surface area contributed by atoms with Crippen LogP contribution in [0, 0.1) is 11.8 Å². The van der Waals surface area contributed by atoms with Crippen LogP contribution in [-0.4, -0.2) is 52.4 Å². The van der Waals surface area contributed by atoms with Crippen LogP contribution in [0.1, 0.15) is 52.1 Å². The number of nitrogens with one attached hydrogen (secondary N) is 1. The van der Waals surface area contributed by atoms with Gasteiger partial charge in [-0.3, -0.25) is 14.4 Å². The molecule has 1 N–H and O–H groups in total. The number of alkyl halides is 3. The lowest BCUT2D eigenvalue weighted by Gasteiger charge is -2.30. The van der Waals surface area contributed by atoms with Crippen LogP contribution >= 0.6 is 0 Å². The first kappa shape index (κ1) is 27.1. The molecule has 1 aliphatic rings. The molecule has 0 spiro atoms. The first-order valence-electron chi connectivity index (χ1n) is 12.5. The number of Topliss-reactive ketones (excluding diaryl/α,β-unsaturated/α-hetero) is 1. The zero-order valence-electron chi connectivity index (χ0n) is 20.9. The second kappa shape index (κ2) is 11.6. The Kier molecular flexibility index (Phi) is 8.29. The number of carbonyl (C=O) groups excluding carboxylic acids is 3. The molecule has 0 unspecified atom stereocenters. The minimum atomic E-state index is -4.81. The normalized spacial score (nSPS) is 17.6. The minimum absolute atomic E-state index is 0.0171. The third-order valence-corrected chi connectivity index (χ3v) is 6.86. The van der Waals surface area contributed by atoms with Crippen molar-refractivity contribution in [2.75, 3.05) is 20.1 Å². The molecule has 3 aromatic rings. The zero-order chi connectivity index (χ0) is 27.3. The van der Waals surface area contributed by atoms with Gasteiger partial charge in [0, 0.05) is 43.7 Å². The summed E-state index contributed by atoms with van der Waals surface area (Å²) in [6.07, 6.45) is -1.32. The molecule has 1 fully saturated rings. The largest absolute Gasteiger partial charge is 0.435 e. The number of carbonyl (C=O) groups is 3. The summed E-state index contributed by atoms with van der Waals surface area (Å²) in [5, 5.41) is 6.06. The Labute approximate surface area is 218 Å². The molecule has 1 aromatic heterocycles. The molecule has 1 saturated carbocycles. The van der Waals surface area contributed by atoms with Crippen molar-refractivity contribution in [2.45, 2.75) is 31.9 Å². The average molecular weight is 527 g/mol. The summed E-state index contributed by atoms with van der Waals surface area (Å²) in [7, 11) is 1.60. The van der Waals surface area contributed by atoms with Gasteiger partial charge in [-0.15, -0.1) is 0 Å². The van der Waals surface area contributed by atoms with E-state index >= 15 is 0 Å². The lowest BCUT2D eigenvalue weighted by Crippen LogP contribution is -2.40. The van der Waals surface area contributed by atoms with Crippen LogP contribution in [0.3, 0.4) is 0 Å². The van der Waals surface area contributed by atoms with Crippen LogP contribution < -0.4 is 5.32 Å². The van der Waals surface area contributed by atoms with E-state index in [9.17, 15) is 27.6 Å². The smallest absolute Gasteiger partial charge is 0.350 e. The molecule has 2 aromatic carbocycles. The van der Waals surface area contributed by atoms with Crippen molar-refractivity contribution in [3.05, 3.63) is 83.7 Å². The minimum Gasteiger partial charge on any atom is -0.350 e. The third-order valence-electron chi connectivity index (χ3n) is 6.86. The molecular formula is C28H29F3N4O3. The number of rotatable bonds is 8. The van der Waals surface area contributed by atoms with E-state index in [0.29, 0.717) is 36.9 Å². The molecule has 10 heteroatoms. The molecule has 1 aliphatic carbocycles. The molecule has 4 rings (SSSR count). The van der Waals surface area contributed by atoms with Crippen LogP contribution in [0.2, 0.25) is 0 Å². The number of aromatic nitrogens is 2. The van der Waals surface area contributed by atoms with Gasteiger partial charge < -0.3 is 10.2 Å². The number of benzene rings is 2. The van der Waals surface area contributed by atoms with Crippen molar-refractivity contribution in [2.24, 2.45) is 11.8 Å². The predicted octanol–water partition coefficient (Wildman–Crippen LogP) is 4.77. The first-order chi connectivity index (χ1) is 18.1. The van der Waals surface area contributed by atoms with Crippen molar-refractivity contribution >= 4 is 17.6 Å². The highest BCUT2D eigenvalue weighted by Crippen LogP contribution is 2.33. The molecular weight excluding hydrogens is 497 g/mol. The van der Waals surface area contributed by atoms with Gasteiger partial charge in [0.2, 0.25) is 5.91 Å². The molecule has 200 valence electrons. The molecule has 0 aliphatic heterocycles. The maximum Gasteiger partial charge on any atom is 0.435 e. The van der Waals surface area contributed by atoms with Crippen LogP contribution in [-0.2, 0) is 11.0 Å². The number of halogens is 3. The van der Waals surface area contributed by atoms with Gasteiger partial charge in [0.15, 0.2) is 11.5 Å². The first-order valence-corrected chi connectivity index (χ1v) is 12.5. The van der Waals surface area contributed by atoms with Crippen LogP contribution in [0.5, 0.6) is 0 Å². The number of ketones is 1. The van der Waals surface area contributed by atoms with E-state index in [1.807, 2.05) is 18.2 Å². The number of para-hydroxylation sites is 1. The van der Waals surface area contributed by atoms with Crippen molar-refractivity contribution in [3.8, 4) is 5.69 Å². The number of nitrogens with zero attached hydrogens (tertiary/aromatic N) is 3. The standard InChI is InChI=1S/C28H29F3N4O3/c1-34(27(38)21-14-12-20(13-15-21)24(36)19-8-4-2-5-9-19)17-16-32-26(37)23-18-35(22-10-6-3-7-11-22)33-25(23)28(29,30)31/h2-11,18,20-21H,12-17H2,1H3,(H,32,37). The second-order valence-corrected chi connectivity index (χ2v) is 9.46. The molecule has 2 amide bonds. The summed E-state index contributed by atoms with van der Waals surface area (Å²) in [6, 6.07) is 17.3. The van der Waals surface area contributed by atoms with Crippen LogP contribution in [0.25, 0.3) is 5.69 Å². The van der Waals surface area contributed by atoms with Crippen molar-refractivity contribution in [1.82, 2.24) is 20.0 Å². The molecule has 0 saturated heterocycles. The molecule has 0 radical (unpaired) electrons. The fourth-order valence-corrected chi connectivity index (χ4v) is 4.76. The lowest BCUT2D eigenvalue weighted by molar-refractivity contribution is -0.141. The summed E-state index contributed by atoms with van der Waals surface area (Å²) in [6.45, 7) is 0.123. The van der Waals surface area contributed by atoms with Crippen molar-refractivity contribution in [1.29, 1.82) is 0 Å². The molecule has 0 bridgehead atoms. The van der Waals surface area contributed by atoms with E-state index in [0.717, 1.165) is 10.9 Å². The Balaban J connectivity index is 1.29. The van der Waals surface area contributed by atoms with Crippen molar-refractivity contribution in [3.63, 3.8) is 0 Å². The third kappa shape index (κ3) is 6.30. The Morgan fingerprint density at radius 1 is 0.947 bits per heavy atom. The highest BCUT2D eigenvalue weighted by molar-refractivity contribution is 5.98. The van der Waals surface area contributed by atoms with E-state index in [1.54, 1.807) is 49.5 Å². The summed E-state index contributed by atoms with van der Waals surface area (Å²) in [5.74, 6) is -1.25. The topological polar surface area (TPSA) is 84.3 Å². The molecule has 38 heavy (non-hydrogen) atoms. The van der Waals surface area contributed by atoms with E-state index < -0.39 is 23.3 Å². The Morgan fingerprint density at radius 2 is 1.53 bits per heavy atom. The summed E-state index contributed by atoms with van der Waals surface area (Å²) in [4.78, 5) is 39.7. The van der Waals surface area contributed by atoms with E-state index in [4.69, 9.17) is 0 Å². The maximum atomic E-state index is 13.5. The Bertz CT molecular complexity index is 1270. The number of amides is 2. The van der Waals surface area contributed by atoms with E-state index in [-0.39, 0.29) is 36.6 Å². The summed E-state index contributed by atoms with van der Waals surface area (Å²) < 4.78 is 41.7. The molecule has 0 atom stereocenters. The Hall–Kier alpha value is -3.95. The molecule has 1 heterocycles. The number of hydrogen-bond donors (Lipinski definition) is 1. The SMILES string of the molecule is CN(CCNC(=O)c1cn(-c2ccccc2)nc1C(F)(F)F)C(=O)C1CCC(C(=O)c2ccccc2)CC1. The molecule has 7 nitrogen and oxygen atoms in total. The van der Waals surface area contributed by atoms with Gasteiger partial charge in [-0.1, -0.05) is 48.5 Å². The van der Waals surface area contributed by atoms with Gasteiger partial charge in [0.05, 0.1) is 11.3 Å². The van der Waals surface area contributed by atoms with Gasteiger partial charge in [0.25, 0.3) is 5.91 Å². The second-order valence-electron chi connectivity index (χ2n) is 9.46. The lowest BCUT2D eigenvalue weighted by atomic mass is 9.78. The van der Waals surface area contributed by atoms with Crippen LogP contribution in [0.15, 0.2) is 66.9 Å². The highest BCUT2D eigenvalue weighted by Gasteiger charge is 2.39. The fraction of sp³-hybridized carbons (Fsp3) is 0.357. The Morgan fingerprint density at radius 3 is 2.13 bits per heavy atom. The average Bonchev–Trinajstić information content (AvgIpc) is 3.40. The maximum absolute atomic E-state index is 13.5. The highest BCUT2D eigenvalue weighted by atomic mass is 19.4. The predicted molar refractivity (Wildman–Crippen MR) is 135 cm³/mol.